The van der Waals surface area contributed by atoms with Crippen LogP contribution < -0.4 is 4.72 Å². The number of hydrogen-bond acceptors (Lipinski definition) is 4. The minimum atomic E-state index is -4.14. The van der Waals surface area contributed by atoms with Gasteiger partial charge >= 0.3 is 0 Å². The molecule has 0 saturated carbocycles. The summed E-state index contributed by atoms with van der Waals surface area (Å²) in [5.74, 6) is -1.24. The van der Waals surface area contributed by atoms with Crippen molar-refractivity contribution in [3.05, 3.63) is 84.2 Å². The first-order valence-corrected chi connectivity index (χ1v) is 10.0. The quantitative estimate of drug-likeness (QED) is 0.630. The lowest BCUT2D eigenvalue weighted by molar-refractivity contribution is 0.551. The fourth-order valence-electron chi connectivity index (χ4n) is 2.17. The average molecular weight is 392 g/mol. The maximum absolute atomic E-state index is 13.7. The number of nitrogens with one attached hydrogen (secondary N) is 1. The maximum atomic E-state index is 13.7. The first-order chi connectivity index (χ1) is 12.4. The summed E-state index contributed by atoms with van der Waals surface area (Å²) >= 11 is 1.58. The Bertz CT molecular complexity index is 995. The van der Waals surface area contributed by atoms with E-state index in [1.165, 1.54) is 0 Å². The molecule has 4 nitrogen and oxygen atoms in total. The summed E-state index contributed by atoms with van der Waals surface area (Å²) in [4.78, 5) is 4.39. The van der Waals surface area contributed by atoms with Gasteiger partial charge in [-0.15, -0.1) is 11.8 Å². The van der Waals surface area contributed by atoms with Gasteiger partial charge in [-0.1, -0.05) is 6.07 Å². The molecule has 0 spiro atoms. The number of thioether (sulfide) groups is 1. The van der Waals surface area contributed by atoms with Crippen LogP contribution in [0.4, 0.5) is 14.5 Å². The minimum Gasteiger partial charge on any atom is -0.280 e. The number of rotatable bonds is 6. The molecule has 0 unspecified atom stereocenters. The highest BCUT2D eigenvalue weighted by molar-refractivity contribution is 7.98. The molecule has 3 aromatic rings. The molecule has 2 aromatic carbocycles. The van der Waals surface area contributed by atoms with Crippen LogP contribution in [0.5, 0.6) is 0 Å². The van der Waals surface area contributed by atoms with Crippen molar-refractivity contribution in [1.29, 1.82) is 0 Å². The van der Waals surface area contributed by atoms with Gasteiger partial charge in [0.25, 0.3) is 10.0 Å². The molecule has 0 amide bonds. The zero-order chi connectivity index (χ0) is 18.6. The number of pyridine rings is 1. The summed E-state index contributed by atoms with van der Waals surface area (Å²) < 4.78 is 53.4. The van der Waals surface area contributed by atoms with E-state index in [0.717, 1.165) is 28.3 Å². The Labute approximate surface area is 154 Å². The summed E-state index contributed by atoms with van der Waals surface area (Å²) in [6.07, 6.45) is 3.49. The highest BCUT2D eigenvalue weighted by Crippen LogP contribution is 2.25. The van der Waals surface area contributed by atoms with E-state index in [4.69, 9.17) is 0 Å². The van der Waals surface area contributed by atoms with E-state index in [0.29, 0.717) is 11.8 Å². The van der Waals surface area contributed by atoms with Crippen molar-refractivity contribution in [3.63, 3.8) is 0 Å². The number of sulfonamides is 1. The van der Waals surface area contributed by atoms with Crippen molar-refractivity contribution in [2.45, 2.75) is 15.5 Å². The van der Waals surface area contributed by atoms with Gasteiger partial charge in [0.15, 0.2) is 0 Å². The van der Waals surface area contributed by atoms with Crippen LogP contribution in [0.1, 0.15) is 5.56 Å². The standard InChI is InChI=1S/C18H14F2N2O2S2/c19-14-3-8-18(17(20)10-14)26(23,24)22-15-4-6-16(7-5-15)25-12-13-2-1-9-21-11-13/h1-11,22H,12H2. The summed E-state index contributed by atoms with van der Waals surface area (Å²) in [5, 5.41) is 0. The van der Waals surface area contributed by atoms with E-state index >= 15 is 0 Å². The predicted molar refractivity (Wildman–Crippen MR) is 97.4 cm³/mol. The summed E-state index contributed by atoms with van der Waals surface area (Å²) in [7, 11) is -4.14. The van der Waals surface area contributed by atoms with Crippen molar-refractivity contribution in [2.75, 3.05) is 4.72 Å². The Balaban J connectivity index is 1.68. The fourth-order valence-corrected chi connectivity index (χ4v) is 4.12. The third-order valence-electron chi connectivity index (χ3n) is 3.42. The fraction of sp³-hybridized carbons (Fsp3) is 0.0556. The number of hydrogen-bond donors (Lipinski definition) is 1. The summed E-state index contributed by atoms with van der Waals surface area (Å²) in [6, 6.07) is 12.9. The van der Waals surface area contributed by atoms with Crippen molar-refractivity contribution >= 4 is 27.5 Å². The summed E-state index contributed by atoms with van der Waals surface area (Å²) in [5.41, 5.74) is 1.37. The van der Waals surface area contributed by atoms with E-state index < -0.39 is 26.6 Å². The molecule has 0 bridgehead atoms. The molecule has 0 radical (unpaired) electrons. The lowest BCUT2D eigenvalue weighted by atomic mass is 10.3. The highest BCUT2D eigenvalue weighted by atomic mass is 32.2. The van der Waals surface area contributed by atoms with E-state index in [-0.39, 0.29) is 0 Å². The van der Waals surface area contributed by atoms with E-state index in [9.17, 15) is 17.2 Å². The Morgan fingerprint density at radius 1 is 1.04 bits per heavy atom. The SMILES string of the molecule is O=S(=O)(Nc1ccc(SCc2cccnc2)cc1)c1ccc(F)cc1F. The van der Waals surface area contributed by atoms with Crippen molar-refractivity contribution < 1.29 is 17.2 Å². The van der Waals surface area contributed by atoms with Crippen LogP contribution in [0.25, 0.3) is 0 Å². The lowest BCUT2D eigenvalue weighted by Gasteiger charge is -2.09. The van der Waals surface area contributed by atoms with Crippen LogP contribution in [0.15, 0.2) is 76.8 Å². The molecular formula is C18H14F2N2O2S2. The third-order valence-corrected chi connectivity index (χ3v) is 5.92. The van der Waals surface area contributed by atoms with Gasteiger partial charge in [-0.05, 0) is 48.0 Å². The summed E-state index contributed by atoms with van der Waals surface area (Å²) in [6.45, 7) is 0. The molecule has 0 saturated heterocycles. The maximum Gasteiger partial charge on any atom is 0.264 e. The average Bonchev–Trinajstić information content (AvgIpc) is 2.61. The first-order valence-electron chi connectivity index (χ1n) is 7.54. The molecule has 0 aliphatic carbocycles. The Morgan fingerprint density at radius 3 is 2.46 bits per heavy atom. The van der Waals surface area contributed by atoms with Gasteiger partial charge in [0.05, 0.1) is 0 Å². The second kappa shape index (κ2) is 7.84. The molecule has 1 N–H and O–H groups in total. The normalized spacial score (nSPS) is 11.3. The van der Waals surface area contributed by atoms with Crippen LogP contribution in [0, 0.1) is 11.6 Å². The van der Waals surface area contributed by atoms with Gasteiger partial charge in [0.1, 0.15) is 16.5 Å². The molecule has 3 rings (SSSR count). The molecule has 0 aliphatic rings. The van der Waals surface area contributed by atoms with Crippen LogP contribution in [0.3, 0.4) is 0 Å². The van der Waals surface area contributed by atoms with Crippen LogP contribution in [-0.2, 0) is 15.8 Å². The molecule has 1 aromatic heterocycles. The highest BCUT2D eigenvalue weighted by Gasteiger charge is 2.19. The van der Waals surface area contributed by atoms with Crippen molar-refractivity contribution in [3.8, 4) is 0 Å². The van der Waals surface area contributed by atoms with Gasteiger partial charge in [-0.25, -0.2) is 17.2 Å². The molecule has 0 atom stereocenters. The molecule has 1 heterocycles. The van der Waals surface area contributed by atoms with Gasteiger partial charge in [-0.3, -0.25) is 9.71 Å². The van der Waals surface area contributed by atoms with Gasteiger partial charge in [-0.2, -0.15) is 0 Å². The monoisotopic (exact) mass is 392 g/mol. The molecule has 8 heteroatoms. The smallest absolute Gasteiger partial charge is 0.264 e. The van der Waals surface area contributed by atoms with Crippen LogP contribution in [-0.4, -0.2) is 13.4 Å². The Morgan fingerprint density at radius 2 is 1.81 bits per heavy atom. The van der Waals surface area contributed by atoms with Gasteiger partial charge in [0.2, 0.25) is 0 Å². The zero-order valence-corrected chi connectivity index (χ0v) is 15.0. The minimum absolute atomic E-state index is 0.291. The molecular weight excluding hydrogens is 378 g/mol. The molecule has 0 aliphatic heterocycles. The van der Waals surface area contributed by atoms with Crippen LogP contribution in [0.2, 0.25) is 0 Å². The number of halogens is 2. The van der Waals surface area contributed by atoms with Crippen LogP contribution >= 0.6 is 11.8 Å². The van der Waals surface area contributed by atoms with Crippen molar-refractivity contribution in [1.82, 2.24) is 4.98 Å². The van der Waals surface area contributed by atoms with E-state index in [1.807, 2.05) is 12.1 Å². The van der Waals surface area contributed by atoms with Gasteiger partial charge in [0, 0.05) is 34.8 Å². The number of anilines is 1. The predicted octanol–water partition coefficient (Wildman–Crippen LogP) is 4.45. The number of nitrogens with zero attached hydrogens (tertiary/aromatic N) is 1. The first kappa shape index (κ1) is 18.3. The van der Waals surface area contributed by atoms with E-state index in [2.05, 4.69) is 9.71 Å². The topological polar surface area (TPSA) is 59.1 Å². The second-order valence-electron chi connectivity index (χ2n) is 5.35. The number of aromatic nitrogens is 1. The third kappa shape index (κ3) is 4.59. The molecule has 26 heavy (non-hydrogen) atoms. The number of benzene rings is 2. The molecule has 134 valence electrons. The zero-order valence-electron chi connectivity index (χ0n) is 13.4. The Kier molecular flexibility index (Phi) is 5.53. The van der Waals surface area contributed by atoms with Gasteiger partial charge < -0.3 is 0 Å². The largest absolute Gasteiger partial charge is 0.280 e. The molecule has 0 fully saturated rings. The van der Waals surface area contributed by atoms with E-state index in [1.54, 1.807) is 48.4 Å². The van der Waals surface area contributed by atoms with Crippen molar-refractivity contribution in [2.24, 2.45) is 0 Å². The lowest BCUT2D eigenvalue weighted by Crippen LogP contribution is -2.14. The second-order valence-corrected chi connectivity index (χ2v) is 8.05. The Hall–Kier alpha value is -2.45.